The van der Waals surface area contributed by atoms with Crippen LogP contribution in [0.1, 0.15) is 11.4 Å². The molecule has 0 unspecified atom stereocenters. The number of aromatic nitrogens is 5. The van der Waals surface area contributed by atoms with Gasteiger partial charge in [-0.15, -0.1) is 10.2 Å². The monoisotopic (exact) mass is 296 g/mol. The second-order valence-electron chi connectivity index (χ2n) is 5.45. The van der Waals surface area contributed by atoms with Crippen LogP contribution in [-0.4, -0.2) is 43.5 Å². The van der Waals surface area contributed by atoms with E-state index in [-0.39, 0.29) is 0 Å². The number of likely N-dealkylation sites (N-methyl/N-ethyl adjacent to an activating group) is 1. The highest BCUT2D eigenvalue weighted by Crippen LogP contribution is 2.21. The van der Waals surface area contributed by atoms with E-state index in [1.165, 1.54) is 5.56 Å². The van der Waals surface area contributed by atoms with Crippen molar-refractivity contribution in [3.05, 3.63) is 54.2 Å². The van der Waals surface area contributed by atoms with Crippen LogP contribution in [-0.2, 0) is 13.1 Å². The molecule has 0 aliphatic rings. The van der Waals surface area contributed by atoms with Crippen LogP contribution in [0.2, 0.25) is 0 Å². The van der Waals surface area contributed by atoms with Crippen molar-refractivity contribution in [3.63, 3.8) is 0 Å². The molecule has 0 atom stereocenters. The van der Waals surface area contributed by atoms with E-state index < -0.39 is 0 Å². The topological polar surface area (TPSA) is 62.6 Å². The molecule has 0 fully saturated rings. The third kappa shape index (κ3) is 3.23. The summed E-state index contributed by atoms with van der Waals surface area (Å²) in [5, 5.41) is 15.2. The highest BCUT2D eigenvalue weighted by atomic mass is 15.3. The average molecular weight is 296 g/mol. The standard InChI is InChI=1S/C16H20N6/c1-13-19-18-12-22(13)9-8-21(2)11-15-10-17-20-16(15)14-6-4-3-5-7-14/h3-7,10,12H,8-9,11H2,1-2H3,(H,17,20). The Labute approximate surface area is 129 Å². The van der Waals surface area contributed by atoms with Gasteiger partial charge in [-0.05, 0) is 19.5 Å². The van der Waals surface area contributed by atoms with Gasteiger partial charge in [0.2, 0.25) is 0 Å². The first-order chi connectivity index (χ1) is 10.7. The second-order valence-corrected chi connectivity index (χ2v) is 5.45. The van der Waals surface area contributed by atoms with Gasteiger partial charge in [-0.2, -0.15) is 5.10 Å². The van der Waals surface area contributed by atoms with Crippen molar-refractivity contribution in [2.45, 2.75) is 20.0 Å². The van der Waals surface area contributed by atoms with Gasteiger partial charge in [0.1, 0.15) is 12.2 Å². The van der Waals surface area contributed by atoms with E-state index in [4.69, 9.17) is 0 Å². The lowest BCUT2D eigenvalue weighted by atomic mass is 10.1. The van der Waals surface area contributed by atoms with Gasteiger partial charge in [0, 0.05) is 25.2 Å². The molecule has 6 heteroatoms. The largest absolute Gasteiger partial charge is 0.317 e. The summed E-state index contributed by atoms with van der Waals surface area (Å²) in [7, 11) is 2.11. The SMILES string of the molecule is Cc1nncn1CCN(C)Cc1cn[nH]c1-c1ccccc1. The molecule has 0 saturated heterocycles. The number of aromatic amines is 1. The number of H-pyrrole nitrogens is 1. The van der Waals surface area contributed by atoms with Crippen LogP contribution < -0.4 is 0 Å². The Bertz CT molecular complexity index is 715. The number of hydrogen-bond acceptors (Lipinski definition) is 4. The van der Waals surface area contributed by atoms with Gasteiger partial charge < -0.3 is 9.47 Å². The summed E-state index contributed by atoms with van der Waals surface area (Å²) in [6.45, 7) is 4.63. The maximum Gasteiger partial charge on any atom is 0.129 e. The zero-order valence-corrected chi connectivity index (χ0v) is 12.9. The maximum absolute atomic E-state index is 4.20. The van der Waals surface area contributed by atoms with Gasteiger partial charge in [-0.1, -0.05) is 30.3 Å². The zero-order valence-electron chi connectivity index (χ0n) is 12.9. The number of nitrogens with one attached hydrogen (secondary N) is 1. The molecule has 3 rings (SSSR count). The fourth-order valence-electron chi connectivity index (χ4n) is 2.47. The minimum absolute atomic E-state index is 0.849. The summed E-state index contributed by atoms with van der Waals surface area (Å²) >= 11 is 0. The van der Waals surface area contributed by atoms with E-state index in [9.17, 15) is 0 Å². The van der Waals surface area contributed by atoms with Gasteiger partial charge in [-0.3, -0.25) is 5.10 Å². The molecule has 0 aliphatic carbocycles. The molecule has 1 N–H and O–H groups in total. The van der Waals surface area contributed by atoms with Gasteiger partial charge in [-0.25, -0.2) is 0 Å². The molecule has 2 aromatic heterocycles. The normalized spacial score (nSPS) is 11.2. The van der Waals surface area contributed by atoms with Crippen molar-refractivity contribution in [3.8, 4) is 11.3 Å². The van der Waals surface area contributed by atoms with Crippen LogP contribution >= 0.6 is 0 Å². The molecule has 22 heavy (non-hydrogen) atoms. The number of rotatable bonds is 6. The van der Waals surface area contributed by atoms with Crippen LogP contribution in [0.5, 0.6) is 0 Å². The highest BCUT2D eigenvalue weighted by Gasteiger charge is 2.10. The molecular formula is C16H20N6. The fraction of sp³-hybridized carbons (Fsp3) is 0.312. The molecule has 0 spiro atoms. The first-order valence-corrected chi connectivity index (χ1v) is 7.34. The minimum atomic E-state index is 0.849. The number of benzene rings is 1. The maximum atomic E-state index is 4.20. The van der Waals surface area contributed by atoms with Gasteiger partial charge in [0.25, 0.3) is 0 Å². The lowest BCUT2D eigenvalue weighted by Crippen LogP contribution is -2.23. The summed E-state index contributed by atoms with van der Waals surface area (Å²) in [6.07, 6.45) is 3.68. The molecule has 2 heterocycles. The third-order valence-electron chi connectivity index (χ3n) is 3.75. The lowest BCUT2D eigenvalue weighted by molar-refractivity contribution is 0.310. The van der Waals surface area contributed by atoms with E-state index >= 15 is 0 Å². The summed E-state index contributed by atoms with van der Waals surface area (Å²) in [5.41, 5.74) is 3.46. The van der Waals surface area contributed by atoms with E-state index in [0.717, 1.165) is 36.7 Å². The summed E-state index contributed by atoms with van der Waals surface area (Å²) < 4.78 is 2.06. The van der Waals surface area contributed by atoms with Crippen LogP contribution in [0.3, 0.4) is 0 Å². The molecule has 0 bridgehead atoms. The molecule has 114 valence electrons. The number of nitrogens with zero attached hydrogens (tertiary/aromatic N) is 5. The molecule has 1 aromatic carbocycles. The number of hydrogen-bond donors (Lipinski definition) is 1. The predicted molar refractivity (Wildman–Crippen MR) is 85.1 cm³/mol. The van der Waals surface area contributed by atoms with Gasteiger partial charge >= 0.3 is 0 Å². The Morgan fingerprint density at radius 2 is 2.05 bits per heavy atom. The third-order valence-corrected chi connectivity index (χ3v) is 3.75. The Balaban J connectivity index is 1.64. The fourth-order valence-corrected chi connectivity index (χ4v) is 2.47. The Kier molecular flexibility index (Phi) is 4.29. The van der Waals surface area contributed by atoms with E-state index in [1.54, 1.807) is 6.33 Å². The average Bonchev–Trinajstić information content (AvgIpc) is 3.15. The summed E-state index contributed by atoms with van der Waals surface area (Å²) in [5.74, 6) is 0.946. The van der Waals surface area contributed by atoms with Crippen LogP contribution in [0, 0.1) is 6.92 Å². The minimum Gasteiger partial charge on any atom is -0.317 e. The predicted octanol–water partition coefficient (Wildman–Crippen LogP) is 2.11. The smallest absolute Gasteiger partial charge is 0.129 e. The molecule has 3 aromatic rings. The zero-order chi connectivity index (χ0) is 15.4. The van der Waals surface area contributed by atoms with Crippen molar-refractivity contribution in [1.82, 2.24) is 29.9 Å². The summed E-state index contributed by atoms with van der Waals surface area (Å²) in [4.78, 5) is 2.27. The van der Waals surface area contributed by atoms with Crippen LogP contribution in [0.4, 0.5) is 0 Å². The molecule has 6 nitrogen and oxygen atoms in total. The molecule has 0 saturated carbocycles. The van der Waals surface area contributed by atoms with Gasteiger partial charge in [0.15, 0.2) is 0 Å². The second kappa shape index (κ2) is 6.53. The lowest BCUT2D eigenvalue weighted by Gasteiger charge is -2.17. The Morgan fingerprint density at radius 3 is 2.77 bits per heavy atom. The Morgan fingerprint density at radius 1 is 1.23 bits per heavy atom. The quantitative estimate of drug-likeness (QED) is 0.757. The molecular weight excluding hydrogens is 276 g/mol. The first kappa shape index (κ1) is 14.5. The molecule has 0 amide bonds. The van der Waals surface area contributed by atoms with E-state index in [2.05, 4.69) is 49.0 Å². The van der Waals surface area contributed by atoms with E-state index in [1.807, 2.05) is 31.3 Å². The first-order valence-electron chi connectivity index (χ1n) is 7.34. The number of aryl methyl sites for hydroxylation is 1. The van der Waals surface area contributed by atoms with Crippen molar-refractivity contribution < 1.29 is 0 Å². The highest BCUT2D eigenvalue weighted by molar-refractivity contribution is 5.62. The molecule has 0 radical (unpaired) electrons. The molecule has 0 aliphatic heterocycles. The van der Waals surface area contributed by atoms with Crippen LogP contribution in [0.25, 0.3) is 11.3 Å². The van der Waals surface area contributed by atoms with E-state index in [0.29, 0.717) is 0 Å². The van der Waals surface area contributed by atoms with Crippen molar-refractivity contribution in [2.75, 3.05) is 13.6 Å². The summed E-state index contributed by atoms with van der Waals surface area (Å²) in [6, 6.07) is 10.3. The van der Waals surface area contributed by atoms with Gasteiger partial charge in [0.05, 0.1) is 11.9 Å². The van der Waals surface area contributed by atoms with Crippen molar-refractivity contribution in [2.24, 2.45) is 0 Å². The Hall–Kier alpha value is -2.47. The van der Waals surface area contributed by atoms with Crippen LogP contribution in [0.15, 0.2) is 42.9 Å². The van der Waals surface area contributed by atoms with Crippen molar-refractivity contribution in [1.29, 1.82) is 0 Å². The van der Waals surface area contributed by atoms with Crippen molar-refractivity contribution >= 4 is 0 Å².